The second kappa shape index (κ2) is 6.40. The van der Waals surface area contributed by atoms with Crippen LogP contribution < -0.4 is 4.90 Å². The summed E-state index contributed by atoms with van der Waals surface area (Å²) in [6.45, 7) is 2.60. The number of anilines is 2. The molecule has 0 bridgehead atoms. The maximum atomic E-state index is 13.4. The summed E-state index contributed by atoms with van der Waals surface area (Å²) in [6.07, 6.45) is 0. The first kappa shape index (κ1) is 14.4. The Labute approximate surface area is 123 Å². The van der Waals surface area contributed by atoms with Crippen molar-refractivity contribution in [3.8, 4) is 6.07 Å². The van der Waals surface area contributed by atoms with Gasteiger partial charge in [0.2, 0.25) is 0 Å². The van der Waals surface area contributed by atoms with Crippen LogP contribution in [0.25, 0.3) is 0 Å². The van der Waals surface area contributed by atoms with Crippen molar-refractivity contribution in [3.63, 3.8) is 0 Å². The third-order valence-corrected chi connectivity index (χ3v) is 3.37. The molecule has 0 radical (unpaired) electrons. The van der Waals surface area contributed by atoms with Crippen molar-refractivity contribution < 1.29 is 4.39 Å². The zero-order chi connectivity index (χ0) is 14.5. The molecule has 2 rings (SSSR count). The number of nitriles is 1. The van der Waals surface area contributed by atoms with Crippen molar-refractivity contribution in [2.24, 2.45) is 0 Å². The smallest absolute Gasteiger partial charge is 0.125 e. The molecule has 4 heteroatoms. The molecule has 2 aromatic carbocycles. The zero-order valence-electron chi connectivity index (χ0n) is 11.1. The summed E-state index contributed by atoms with van der Waals surface area (Å²) < 4.78 is 13.4. The lowest BCUT2D eigenvalue weighted by atomic mass is 10.1. The highest BCUT2D eigenvalue weighted by Gasteiger charge is 2.13. The van der Waals surface area contributed by atoms with Crippen molar-refractivity contribution in [1.29, 1.82) is 5.26 Å². The molecule has 0 atom stereocenters. The van der Waals surface area contributed by atoms with E-state index in [0.29, 0.717) is 18.0 Å². The third kappa shape index (κ3) is 2.92. The van der Waals surface area contributed by atoms with Crippen LogP contribution in [0.15, 0.2) is 42.5 Å². The lowest BCUT2D eigenvalue weighted by Crippen LogP contribution is -2.17. The van der Waals surface area contributed by atoms with E-state index in [9.17, 15) is 9.65 Å². The van der Waals surface area contributed by atoms with Gasteiger partial charge >= 0.3 is 0 Å². The largest absolute Gasteiger partial charge is 0.341 e. The second-order valence-corrected chi connectivity index (χ2v) is 4.59. The Balaban J connectivity index is 2.50. The Morgan fingerprint density at radius 1 is 1.25 bits per heavy atom. The zero-order valence-corrected chi connectivity index (χ0v) is 11.9. The van der Waals surface area contributed by atoms with Crippen LogP contribution in [0.2, 0.25) is 0 Å². The van der Waals surface area contributed by atoms with Crippen LogP contribution in [0.5, 0.6) is 0 Å². The predicted molar refractivity (Wildman–Crippen MR) is 79.8 cm³/mol. The minimum absolute atomic E-state index is 0.295. The summed E-state index contributed by atoms with van der Waals surface area (Å²) in [5.74, 6) is 0.0676. The van der Waals surface area contributed by atoms with Crippen molar-refractivity contribution in [1.82, 2.24) is 0 Å². The predicted octanol–water partition coefficient (Wildman–Crippen LogP) is 4.59. The van der Waals surface area contributed by atoms with Gasteiger partial charge in [-0.3, -0.25) is 0 Å². The summed E-state index contributed by atoms with van der Waals surface area (Å²) in [4.78, 5) is 1.90. The van der Waals surface area contributed by atoms with Crippen LogP contribution in [0.3, 0.4) is 0 Å². The van der Waals surface area contributed by atoms with Gasteiger partial charge in [-0.2, -0.15) is 5.26 Å². The molecular weight excluding hydrogens is 275 g/mol. The Kier molecular flexibility index (Phi) is 4.60. The van der Waals surface area contributed by atoms with Gasteiger partial charge in [-0.05, 0) is 42.8 Å². The van der Waals surface area contributed by atoms with Crippen LogP contribution in [-0.2, 0) is 5.88 Å². The molecule has 0 saturated carbocycles. The van der Waals surface area contributed by atoms with Crippen molar-refractivity contribution in [2.45, 2.75) is 12.8 Å². The second-order valence-electron chi connectivity index (χ2n) is 4.32. The van der Waals surface area contributed by atoms with Gasteiger partial charge in [0.1, 0.15) is 11.9 Å². The molecule has 0 aliphatic heterocycles. The van der Waals surface area contributed by atoms with E-state index in [2.05, 4.69) is 6.07 Å². The molecular formula is C16H14ClFN2. The van der Waals surface area contributed by atoms with Gasteiger partial charge in [0, 0.05) is 18.1 Å². The molecule has 0 amide bonds. The van der Waals surface area contributed by atoms with Gasteiger partial charge < -0.3 is 4.90 Å². The number of hydrogen-bond donors (Lipinski definition) is 0. The van der Waals surface area contributed by atoms with Crippen LogP contribution >= 0.6 is 11.6 Å². The molecule has 0 aliphatic rings. The average Bonchev–Trinajstić information content (AvgIpc) is 2.48. The fraction of sp³-hybridized carbons (Fsp3) is 0.188. The average molecular weight is 289 g/mol. The van der Waals surface area contributed by atoms with Crippen molar-refractivity contribution in [2.75, 3.05) is 11.4 Å². The Morgan fingerprint density at radius 3 is 2.65 bits per heavy atom. The monoisotopic (exact) mass is 288 g/mol. The molecule has 0 aliphatic carbocycles. The van der Waals surface area contributed by atoms with E-state index in [4.69, 9.17) is 11.6 Å². The number of halogens is 2. The van der Waals surface area contributed by atoms with Gasteiger partial charge in [-0.1, -0.05) is 12.1 Å². The first-order valence-corrected chi connectivity index (χ1v) is 6.85. The van der Waals surface area contributed by atoms with Gasteiger partial charge in [-0.25, -0.2) is 4.39 Å². The van der Waals surface area contributed by atoms with E-state index in [1.54, 1.807) is 12.1 Å². The van der Waals surface area contributed by atoms with Crippen LogP contribution in [-0.4, -0.2) is 6.54 Å². The molecule has 2 nitrogen and oxygen atoms in total. The van der Waals surface area contributed by atoms with Gasteiger partial charge in [0.05, 0.1) is 11.3 Å². The van der Waals surface area contributed by atoms with E-state index in [-0.39, 0.29) is 5.82 Å². The molecule has 20 heavy (non-hydrogen) atoms. The highest BCUT2D eigenvalue weighted by atomic mass is 35.5. The van der Waals surface area contributed by atoms with Gasteiger partial charge in [0.25, 0.3) is 0 Å². The number of benzene rings is 2. The van der Waals surface area contributed by atoms with E-state index >= 15 is 0 Å². The molecule has 0 N–H and O–H groups in total. The summed E-state index contributed by atoms with van der Waals surface area (Å²) in [6, 6.07) is 14.0. The molecule has 0 spiro atoms. The van der Waals surface area contributed by atoms with Crippen molar-refractivity contribution >= 4 is 23.0 Å². The number of nitrogens with zero attached hydrogens (tertiary/aromatic N) is 2. The maximum absolute atomic E-state index is 13.4. The van der Waals surface area contributed by atoms with Crippen LogP contribution in [0.1, 0.15) is 18.1 Å². The van der Waals surface area contributed by atoms with Gasteiger partial charge in [-0.15, -0.1) is 11.6 Å². The lowest BCUT2D eigenvalue weighted by molar-refractivity contribution is 0.627. The standard InChI is InChI=1S/C16H14ClFN2/c1-2-20(15-5-3-4-14(18)9-15)16-7-6-12(10-17)8-13(16)11-19/h3-9H,2,10H2,1H3. The Morgan fingerprint density at radius 2 is 2.05 bits per heavy atom. The minimum Gasteiger partial charge on any atom is -0.341 e. The Hall–Kier alpha value is -2.05. The summed E-state index contributed by atoms with van der Waals surface area (Å²) in [5.41, 5.74) is 2.91. The first-order chi connectivity index (χ1) is 9.69. The van der Waals surface area contributed by atoms with E-state index in [0.717, 1.165) is 16.9 Å². The number of hydrogen-bond acceptors (Lipinski definition) is 2. The third-order valence-electron chi connectivity index (χ3n) is 3.06. The topological polar surface area (TPSA) is 27.0 Å². The fourth-order valence-corrected chi connectivity index (χ4v) is 2.29. The van der Waals surface area contributed by atoms with E-state index in [1.165, 1.54) is 12.1 Å². The highest BCUT2D eigenvalue weighted by Crippen LogP contribution is 2.29. The maximum Gasteiger partial charge on any atom is 0.125 e. The lowest BCUT2D eigenvalue weighted by Gasteiger charge is -2.24. The molecule has 2 aromatic rings. The van der Waals surface area contributed by atoms with Crippen LogP contribution in [0, 0.1) is 17.1 Å². The van der Waals surface area contributed by atoms with E-state index < -0.39 is 0 Å². The van der Waals surface area contributed by atoms with E-state index in [1.807, 2.05) is 30.0 Å². The summed E-state index contributed by atoms with van der Waals surface area (Å²) >= 11 is 5.79. The Bertz CT molecular complexity index is 649. The molecule has 0 unspecified atom stereocenters. The highest BCUT2D eigenvalue weighted by molar-refractivity contribution is 6.17. The molecule has 0 heterocycles. The normalized spacial score (nSPS) is 10.1. The number of rotatable bonds is 4. The minimum atomic E-state index is -0.295. The van der Waals surface area contributed by atoms with Crippen LogP contribution in [0.4, 0.5) is 15.8 Å². The quantitative estimate of drug-likeness (QED) is 0.769. The first-order valence-electron chi connectivity index (χ1n) is 6.31. The molecule has 102 valence electrons. The molecule has 0 aromatic heterocycles. The fourth-order valence-electron chi connectivity index (χ4n) is 2.13. The number of alkyl halides is 1. The SMILES string of the molecule is CCN(c1cccc(F)c1)c1ccc(CCl)cc1C#N. The van der Waals surface area contributed by atoms with Gasteiger partial charge in [0.15, 0.2) is 0 Å². The molecule has 0 fully saturated rings. The summed E-state index contributed by atoms with van der Waals surface area (Å²) in [7, 11) is 0. The summed E-state index contributed by atoms with van der Waals surface area (Å²) in [5, 5.41) is 9.29. The van der Waals surface area contributed by atoms with Crippen molar-refractivity contribution in [3.05, 3.63) is 59.4 Å². The molecule has 0 saturated heterocycles.